The minimum Gasteiger partial charge on any atom is -0.308 e. The first-order chi connectivity index (χ1) is 10.1. The Balaban J connectivity index is 2.17. The molecule has 0 amide bonds. The fourth-order valence-electron chi connectivity index (χ4n) is 2.55. The van der Waals surface area contributed by atoms with Crippen LogP contribution in [0.1, 0.15) is 49.0 Å². The molecular weight excluding hydrogens is 260 g/mol. The number of rotatable bonds is 7. The largest absolute Gasteiger partial charge is 0.308 e. The Morgan fingerprint density at radius 3 is 2.62 bits per heavy atom. The van der Waals surface area contributed by atoms with E-state index in [4.69, 9.17) is 0 Å². The molecule has 21 heavy (non-hydrogen) atoms. The van der Waals surface area contributed by atoms with Crippen LogP contribution in [0.25, 0.3) is 0 Å². The molecule has 1 unspecified atom stereocenters. The average Bonchev–Trinajstić information content (AvgIpc) is 2.83. The molecule has 0 fully saturated rings. The Morgan fingerprint density at radius 1 is 1.29 bits per heavy atom. The second-order valence-corrected chi connectivity index (χ2v) is 5.56. The summed E-state index contributed by atoms with van der Waals surface area (Å²) in [4.78, 5) is 4.59. The van der Waals surface area contributed by atoms with E-state index in [2.05, 4.69) is 47.4 Å². The van der Waals surface area contributed by atoms with E-state index in [0.717, 1.165) is 37.2 Å². The van der Waals surface area contributed by atoms with E-state index in [1.165, 1.54) is 11.3 Å². The lowest BCUT2D eigenvalue weighted by molar-refractivity contribution is 0.489. The molecule has 114 valence electrons. The van der Waals surface area contributed by atoms with E-state index in [9.17, 15) is 0 Å². The smallest absolute Gasteiger partial charge is 0.0597 e. The summed E-state index contributed by atoms with van der Waals surface area (Å²) in [6.45, 7) is 7.38. The monoisotopic (exact) mass is 286 g/mol. The molecule has 1 atom stereocenters. The van der Waals surface area contributed by atoms with Crippen molar-refractivity contribution in [2.24, 2.45) is 7.05 Å². The van der Waals surface area contributed by atoms with Crippen molar-refractivity contribution < 1.29 is 0 Å². The number of pyridine rings is 1. The normalized spacial score (nSPS) is 12.6. The second kappa shape index (κ2) is 7.36. The summed E-state index contributed by atoms with van der Waals surface area (Å²) in [6.07, 6.45) is 5.03. The number of aryl methyl sites for hydroxylation is 3. The van der Waals surface area contributed by atoms with Crippen LogP contribution in [0.2, 0.25) is 0 Å². The van der Waals surface area contributed by atoms with Crippen molar-refractivity contribution in [3.05, 3.63) is 47.0 Å². The Labute approximate surface area is 127 Å². The topological polar surface area (TPSA) is 42.7 Å². The van der Waals surface area contributed by atoms with Crippen molar-refractivity contribution in [2.75, 3.05) is 6.54 Å². The van der Waals surface area contributed by atoms with Crippen molar-refractivity contribution in [2.45, 2.75) is 46.1 Å². The maximum atomic E-state index is 4.59. The van der Waals surface area contributed by atoms with Crippen LogP contribution in [0, 0.1) is 6.92 Å². The summed E-state index contributed by atoms with van der Waals surface area (Å²) in [5, 5.41) is 8.08. The first kappa shape index (κ1) is 15.7. The van der Waals surface area contributed by atoms with Gasteiger partial charge in [-0.1, -0.05) is 19.9 Å². The molecular formula is C17H26N4. The lowest BCUT2D eigenvalue weighted by Gasteiger charge is -2.18. The second-order valence-electron chi connectivity index (χ2n) is 5.56. The van der Waals surface area contributed by atoms with E-state index in [-0.39, 0.29) is 6.04 Å². The summed E-state index contributed by atoms with van der Waals surface area (Å²) in [5.74, 6) is 0. The molecule has 2 aromatic heterocycles. The van der Waals surface area contributed by atoms with E-state index in [1.807, 2.05) is 24.9 Å². The minimum atomic E-state index is 0.260. The van der Waals surface area contributed by atoms with Crippen LogP contribution in [-0.2, 0) is 19.9 Å². The van der Waals surface area contributed by atoms with Gasteiger partial charge in [0.05, 0.1) is 17.4 Å². The summed E-state index contributed by atoms with van der Waals surface area (Å²) < 4.78 is 1.98. The third-order valence-corrected chi connectivity index (χ3v) is 3.74. The van der Waals surface area contributed by atoms with Crippen LogP contribution in [0.15, 0.2) is 24.4 Å². The molecule has 0 radical (unpaired) electrons. The molecule has 4 heteroatoms. The van der Waals surface area contributed by atoms with Gasteiger partial charge in [-0.3, -0.25) is 9.67 Å². The molecule has 1 N–H and O–H groups in total. The third kappa shape index (κ3) is 4.14. The summed E-state index contributed by atoms with van der Waals surface area (Å²) in [7, 11) is 2.01. The molecule has 0 saturated carbocycles. The van der Waals surface area contributed by atoms with Crippen molar-refractivity contribution in [1.29, 1.82) is 0 Å². The van der Waals surface area contributed by atoms with Crippen LogP contribution in [0.5, 0.6) is 0 Å². The fourth-order valence-corrected chi connectivity index (χ4v) is 2.55. The predicted octanol–water partition coefficient (Wildman–Crippen LogP) is 2.97. The summed E-state index contributed by atoms with van der Waals surface area (Å²) in [5.41, 5.74) is 4.69. The van der Waals surface area contributed by atoms with Gasteiger partial charge in [-0.05, 0) is 44.0 Å². The highest BCUT2D eigenvalue weighted by molar-refractivity contribution is 5.19. The quantitative estimate of drug-likeness (QED) is 0.851. The first-order valence-corrected chi connectivity index (χ1v) is 7.81. The van der Waals surface area contributed by atoms with Gasteiger partial charge in [0.15, 0.2) is 0 Å². The molecule has 0 aliphatic carbocycles. The highest BCUT2D eigenvalue weighted by atomic mass is 15.3. The molecule has 2 heterocycles. The summed E-state index contributed by atoms with van der Waals surface area (Å²) >= 11 is 0. The number of hydrogen-bond acceptors (Lipinski definition) is 3. The molecule has 0 aromatic carbocycles. The van der Waals surface area contributed by atoms with Gasteiger partial charge >= 0.3 is 0 Å². The summed E-state index contributed by atoms with van der Waals surface area (Å²) in [6, 6.07) is 6.74. The van der Waals surface area contributed by atoms with Crippen LogP contribution >= 0.6 is 0 Å². The van der Waals surface area contributed by atoms with Crippen molar-refractivity contribution in [3.63, 3.8) is 0 Å². The minimum absolute atomic E-state index is 0.260. The number of nitrogens with one attached hydrogen (secondary N) is 1. The molecule has 2 aromatic rings. The van der Waals surface area contributed by atoms with Gasteiger partial charge in [0.2, 0.25) is 0 Å². The van der Waals surface area contributed by atoms with E-state index in [0.29, 0.717) is 0 Å². The van der Waals surface area contributed by atoms with Crippen LogP contribution in [0.4, 0.5) is 0 Å². The SMILES string of the molecule is CCCNC(Cc1ccc(CC)cn1)c1cc(C)nn1C. The lowest BCUT2D eigenvalue weighted by Crippen LogP contribution is -2.26. The highest BCUT2D eigenvalue weighted by Gasteiger charge is 2.16. The van der Waals surface area contributed by atoms with Crippen molar-refractivity contribution in [3.8, 4) is 0 Å². The zero-order chi connectivity index (χ0) is 15.2. The van der Waals surface area contributed by atoms with Crippen molar-refractivity contribution in [1.82, 2.24) is 20.1 Å². The van der Waals surface area contributed by atoms with Crippen LogP contribution in [-0.4, -0.2) is 21.3 Å². The standard InChI is InChI=1S/C17H26N4/c1-5-9-18-16(17-10-13(3)20-21(17)4)11-15-8-7-14(6-2)12-19-15/h7-8,10,12,16,18H,5-6,9,11H2,1-4H3. The molecule has 0 spiro atoms. The maximum absolute atomic E-state index is 4.59. The van der Waals surface area contributed by atoms with Crippen LogP contribution < -0.4 is 5.32 Å². The molecule has 4 nitrogen and oxygen atoms in total. The van der Waals surface area contributed by atoms with E-state index >= 15 is 0 Å². The molecule has 0 saturated heterocycles. The van der Waals surface area contributed by atoms with Gasteiger partial charge in [-0.2, -0.15) is 5.10 Å². The van der Waals surface area contributed by atoms with E-state index < -0.39 is 0 Å². The Bertz CT molecular complexity index is 557. The molecule has 2 rings (SSSR count). The lowest BCUT2D eigenvalue weighted by atomic mass is 10.1. The fraction of sp³-hybridized carbons (Fsp3) is 0.529. The number of nitrogens with zero attached hydrogens (tertiary/aromatic N) is 3. The third-order valence-electron chi connectivity index (χ3n) is 3.74. The van der Waals surface area contributed by atoms with Crippen molar-refractivity contribution >= 4 is 0 Å². The van der Waals surface area contributed by atoms with Gasteiger partial charge in [-0.15, -0.1) is 0 Å². The van der Waals surface area contributed by atoms with Gasteiger partial charge in [0, 0.05) is 25.4 Å². The number of hydrogen-bond donors (Lipinski definition) is 1. The van der Waals surface area contributed by atoms with Gasteiger partial charge in [0.1, 0.15) is 0 Å². The molecule has 0 aliphatic heterocycles. The first-order valence-electron chi connectivity index (χ1n) is 7.81. The zero-order valence-electron chi connectivity index (χ0n) is 13.6. The molecule has 0 bridgehead atoms. The van der Waals surface area contributed by atoms with Gasteiger partial charge in [0.25, 0.3) is 0 Å². The zero-order valence-corrected chi connectivity index (χ0v) is 13.6. The maximum Gasteiger partial charge on any atom is 0.0597 e. The van der Waals surface area contributed by atoms with Gasteiger partial charge in [-0.25, -0.2) is 0 Å². The predicted molar refractivity (Wildman–Crippen MR) is 86.3 cm³/mol. The number of aromatic nitrogens is 3. The Kier molecular flexibility index (Phi) is 5.51. The average molecular weight is 286 g/mol. The highest BCUT2D eigenvalue weighted by Crippen LogP contribution is 2.18. The molecule has 0 aliphatic rings. The van der Waals surface area contributed by atoms with Gasteiger partial charge < -0.3 is 5.32 Å². The Hall–Kier alpha value is -1.68. The van der Waals surface area contributed by atoms with Crippen LogP contribution in [0.3, 0.4) is 0 Å². The Morgan fingerprint density at radius 2 is 2.10 bits per heavy atom. The van der Waals surface area contributed by atoms with E-state index in [1.54, 1.807) is 0 Å².